The van der Waals surface area contributed by atoms with Crippen LogP contribution in [0.2, 0.25) is 0 Å². The summed E-state index contributed by atoms with van der Waals surface area (Å²) in [5.74, 6) is 0.775. The molecule has 0 heterocycles. The molecule has 2 aromatic carbocycles. The number of urea groups is 1. The van der Waals surface area contributed by atoms with Gasteiger partial charge in [-0.1, -0.05) is 35.4 Å². The zero-order valence-electron chi connectivity index (χ0n) is 13.5. The highest BCUT2D eigenvalue weighted by atomic mass is 16.5. The summed E-state index contributed by atoms with van der Waals surface area (Å²) in [5.41, 5.74) is 5.24. The van der Waals surface area contributed by atoms with Gasteiger partial charge in [-0.2, -0.15) is 0 Å². The lowest BCUT2D eigenvalue weighted by Crippen LogP contribution is -2.32. The Labute approximate surface area is 131 Å². The molecule has 22 heavy (non-hydrogen) atoms. The highest BCUT2D eigenvalue weighted by Crippen LogP contribution is 2.18. The molecule has 0 saturated carbocycles. The molecule has 2 rings (SSSR count). The van der Waals surface area contributed by atoms with Crippen LogP contribution in [0.25, 0.3) is 0 Å². The van der Waals surface area contributed by atoms with E-state index in [2.05, 4.69) is 10.6 Å². The highest BCUT2D eigenvalue weighted by molar-refractivity contribution is 5.90. The molecular weight excluding hydrogens is 276 g/mol. The normalized spacial score (nSPS) is 10.2. The Kier molecular flexibility index (Phi) is 5.04. The monoisotopic (exact) mass is 298 g/mol. The van der Waals surface area contributed by atoms with Gasteiger partial charge in [0.1, 0.15) is 5.75 Å². The standard InChI is InChI=1S/C18H22N2O2/c1-12-5-7-16(14(3)9-12)20-18(21)19-11-22-17-8-6-13(2)10-15(17)4/h5-10H,11H2,1-4H3,(H2,19,20,21). The maximum Gasteiger partial charge on any atom is 0.321 e. The Morgan fingerprint density at radius 3 is 2.23 bits per heavy atom. The number of amides is 2. The largest absolute Gasteiger partial charge is 0.473 e. The minimum absolute atomic E-state index is 0.126. The van der Waals surface area contributed by atoms with Gasteiger partial charge in [0, 0.05) is 5.69 Å². The van der Waals surface area contributed by atoms with Crippen LogP contribution in [0.5, 0.6) is 5.75 Å². The van der Waals surface area contributed by atoms with Crippen molar-refractivity contribution in [1.82, 2.24) is 5.32 Å². The van der Waals surface area contributed by atoms with Gasteiger partial charge in [-0.15, -0.1) is 0 Å². The van der Waals surface area contributed by atoms with Crippen LogP contribution >= 0.6 is 0 Å². The molecule has 0 aromatic heterocycles. The number of nitrogens with one attached hydrogen (secondary N) is 2. The van der Waals surface area contributed by atoms with E-state index < -0.39 is 0 Å². The zero-order chi connectivity index (χ0) is 16.1. The maximum atomic E-state index is 11.9. The summed E-state index contributed by atoms with van der Waals surface area (Å²) in [6.07, 6.45) is 0. The molecule has 116 valence electrons. The summed E-state index contributed by atoms with van der Waals surface area (Å²) in [5, 5.41) is 5.51. The number of hydrogen-bond donors (Lipinski definition) is 2. The molecule has 2 aromatic rings. The van der Waals surface area contributed by atoms with Crippen molar-refractivity contribution < 1.29 is 9.53 Å². The third kappa shape index (κ3) is 4.25. The summed E-state index contributed by atoms with van der Waals surface area (Å²) < 4.78 is 5.58. The Morgan fingerprint density at radius 1 is 0.955 bits per heavy atom. The predicted octanol–water partition coefficient (Wildman–Crippen LogP) is 4.08. The Bertz CT molecular complexity index is 681. The van der Waals surface area contributed by atoms with Gasteiger partial charge >= 0.3 is 6.03 Å². The average molecular weight is 298 g/mol. The van der Waals surface area contributed by atoms with E-state index in [1.54, 1.807) is 0 Å². The van der Waals surface area contributed by atoms with Crippen LogP contribution < -0.4 is 15.4 Å². The van der Waals surface area contributed by atoms with Gasteiger partial charge in [-0.25, -0.2) is 4.79 Å². The number of benzene rings is 2. The molecule has 0 aliphatic carbocycles. The fraction of sp³-hybridized carbons (Fsp3) is 0.278. The van der Waals surface area contributed by atoms with Crippen molar-refractivity contribution >= 4 is 11.7 Å². The lowest BCUT2D eigenvalue weighted by Gasteiger charge is -2.12. The summed E-state index contributed by atoms with van der Waals surface area (Å²) in [7, 11) is 0. The van der Waals surface area contributed by atoms with E-state index in [0.717, 1.165) is 22.6 Å². The SMILES string of the molecule is Cc1ccc(NC(=O)NCOc2ccc(C)cc2C)c(C)c1. The van der Waals surface area contributed by atoms with E-state index in [9.17, 15) is 4.79 Å². The van der Waals surface area contributed by atoms with Crippen LogP contribution in [0.3, 0.4) is 0 Å². The van der Waals surface area contributed by atoms with E-state index in [0.29, 0.717) is 0 Å². The van der Waals surface area contributed by atoms with Crippen LogP contribution in [0, 0.1) is 27.7 Å². The molecule has 0 radical (unpaired) electrons. The number of rotatable bonds is 4. The molecular formula is C18H22N2O2. The number of aryl methyl sites for hydroxylation is 4. The van der Waals surface area contributed by atoms with Crippen molar-refractivity contribution in [2.45, 2.75) is 27.7 Å². The minimum Gasteiger partial charge on any atom is -0.473 e. The second-order valence-corrected chi connectivity index (χ2v) is 5.51. The fourth-order valence-electron chi connectivity index (χ4n) is 2.26. The van der Waals surface area contributed by atoms with Gasteiger partial charge in [-0.05, 0) is 51.0 Å². The Morgan fingerprint density at radius 2 is 1.59 bits per heavy atom. The van der Waals surface area contributed by atoms with Gasteiger partial charge in [-0.3, -0.25) is 0 Å². The van der Waals surface area contributed by atoms with Crippen LogP contribution in [0.15, 0.2) is 36.4 Å². The summed E-state index contributed by atoms with van der Waals surface area (Å²) in [6.45, 7) is 8.13. The van der Waals surface area contributed by atoms with Crippen molar-refractivity contribution in [1.29, 1.82) is 0 Å². The fourth-order valence-corrected chi connectivity index (χ4v) is 2.26. The molecule has 2 N–H and O–H groups in total. The second kappa shape index (κ2) is 6.98. The van der Waals surface area contributed by atoms with Gasteiger partial charge in [0.25, 0.3) is 0 Å². The Balaban J connectivity index is 1.85. The van der Waals surface area contributed by atoms with Gasteiger partial charge in [0.15, 0.2) is 6.73 Å². The van der Waals surface area contributed by atoms with Gasteiger partial charge in [0.05, 0.1) is 0 Å². The smallest absolute Gasteiger partial charge is 0.321 e. The van der Waals surface area contributed by atoms with E-state index in [-0.39, 0.29) is 12.8 Å². The first-order chi connectivity index (χ1) is 10.5. The molecule has 4 heteroatoms. The second-order valence-electron chi connectivity index (χ2n) is 5.51. The molecule has 0 aliphatic rings. The molecule has 0 atom stereocenters. The minimum atomic E-state index is -0.281. The van der Waals surface area contributed by atoms with Crippen LogP contribution in [-0.4, -0.2) is 12.8 Å². The van der Waals surface area contributed by atoms with E-state index >= 15 is 0 Å². The van der Waals surface area contributed by atoms with Crippen LogP contribution in [0.4, 0.5) is 10.5 Å². The summed E-state index contributed by atoms with van der Waals surface area (Å²) in [4.78, 5) is 11.9. The number of hydrogen-bond acceptors (Lipinski definition) is 2. The molecule has 0 aliphatic heterocycles. The van der Waals surface area contributed by atoms with Crippen molar-refractivity contribution in [3.63, 3.8) is 0 Å². The number of ether oxygens (including phenoxy) is 1. The van der Waals surface area contributed by atoms with Crippen LogP contribution in [-0.2, 0) is 0 Å². The molecule has 2 amide bonds. The van der Waals surface area contributed by atoms with Crippen molar-refractivity contribution in [2.75, 3.05) is 12.0 Å². The maximum absolute atomic E-state index is 11.9. The average Bonchev–Trinajstić information content (AvgIpc) is 2.44. The molecule has 0 bridgehead atoms. The molecule has 0 fully saturated rings. The third-order valence-corrected chi connectivity index (χ3v) is 3.42. The van der Waals surface area contributed by atoms with E-state index in [1.165, 1.54) is 11.1 Å². The first kappa shape index (κ1) is 15.9. The quantitative estimate of drug-likeness (QED) is 0.836. The molecule has 4 nitrogen and oxygen atoms in total. The van der Waals surface area contributed by atoms with E-state index in [1.807, 2.05) is 64.1 Å². The van der Waals surface area contributed by atoms with E-state index in [4.69, 9.17) is 4.74 Å². The summed E-state index contributed by atoms with van der Waals surface area (Å²) >= 11 is 0. The highest BCUT2D eigenvalue weighted by Gasteiger charge is 2.05. The number of anilines is 1. The number of carbonyl (C=O) groups is 1. The van der Waals surface area contributed by atoms with Gasteiger partial charge < -0.3 is 15.4 Å². The number of carbonyl (C=O) groups excluding carboxylic acids is 1. The van der Waals surface area contributed by atoms with Crippen molar-refractivity contribution in [3.8, 4) is 5.75 Å². The first-order valence-electron chi connectivity index (χ1n) is 7.28. The zero-order valence-corrected chi connectivity index (χ0v) is 13.5. The van der Waals surface area contributed by atoms with Crippen molar-refractivity contribution in [2.24, 2.45) is 0 Å². The van der Waals surface area contributed by atoms with Crippen LogP contribution in [0.1, 0.15) is 22.3 Å². The predicted molar refractivity (Wildman–Crippen MR) is 89.5 cm³/mol. The molecule has 0 unspecified atom stereocenters. The van der Waals surface area contributed by atoms with Gasteiger partial charge in [0.2, 0.25) is 0 Å². The molecule has 0 saturated heterocycles. The Hall–Kier alpha value is -2.49. The topological polar surface area (TPSA) is 50.4 Å². The lowest BCUT2D eigenvalue weighted by molar-refractivity contribution is 0.234. The third-order valence-electron chi connectivity index (χ3n) is 3.42. The summed E-state index contributed by atoms with van der Waals surface area (Å²) in [6, 6.07) is 11.6. The van der Waals surface area contributed by atoms with Crippen molar-refractivity contribution in [3.05, 3.63) is 58.7 Å². The molecule has 0 spiro atoms. The first-order valence-corrected chi connectivity index (χ1v) is 7.28. The lowest BCUT2D eigenvalue weighted by atomic mass is 10.1.